The Balaban J connectivity index is 1.90. The molecule has 2 heteroatoms. The van der Waals surface area contributed by atoms with E-state index < -0.39 is 0 Å². The highest BCUT2D eigenvalue weighted by atomic mass is 15.2. The van der Waals surface area contributed by atoms with Gasteiger partial charge in [-0.2, -0.15) is 0 Å². The second-order valence-corrected chi connectivity index (χ2v) is 5.38. The Bertz CT molecular complexity index is 373. The fourth-order valence-corrected chi connectivity index (χ4v) is 2.58. The molecule has 17 heavy (non-hydrogen) atoms. The van der Waals surface area contributed by atoms with Crippen LogP contribution in [0.3, 0.4) is 0 Å². The molecule has 1 unspecified atom stereocenters. The van der Waals surface area contributed by atoms with Gasteiger partial charge in [0, 0.05) is 25.7 Å². The minimum absolute atomic E-state index is 0.661. The van der Waals surface area contributed by atoms with Crippen LogP contribution in [0.15, 0.2) is 18.2 Å². The molecular weight excluding hydrogens is 208 g/mol. The Morgan fingerprint density at radius 1 is 1.35 bits per heavy atom. The zero-order chi connectivity index (χ0) is 12.3. The summed E-state index contributed by atoms with van der Waals surface area (Å²) in [6.45, 7) is 7.89. The van der Waals surface area contributed by atoms with Crippen LogP contribution >= 0.6 is 0 Å². The molecule has 1 heterocycles. The van der Waals surface area contributed by atoms with E-state index in [-0.39, 0.29) is 0 Å². The maximum atomic E-state index is 3.61. The summed E-state index contributed by atoms with van der Waals surface area (Å²) >= 11 is 0. The Morgan fingerprint density at radius 2 is 2.18 bits per heavy atom. The molecule has 0 aliphatic carbocycles. The zero-order valence-corrected chi connectivity index (χ0v) is 11.3. The van der Waals surface area contributed by atoms with Crippen molar-refractivity contribution in [2.24, 2.45) is 0 Å². The van der Waals surface area contributed by atoms with Crippen molar-refractivity contribution in [1.29, 1.82) is 0 Å². The van der Waals surface area contributed by atoms with E-state index in [0.29, 0.717) is 6.04 Å². The lowest BCUT2D eigenvalue weighted by atomic mass is 9.98. The number of nitrogens with one attached hydrogen (secondary N) is 1. The Kier molecular flexibility index (Phi) is 4.19. The first-order valence-corrected chi connectivity index (χ1v) is 6.63. The maximum Gasteiger partial charge on any atom is 0.0198 e. The molecule has 1 aromatic carbocycles. The van der Waals surface area contributed by atoms with E-state index in [9.17, 15) is 0 Å². The fourth-order valence-electron chi connectivity index (χ4n) is 2.58. The van der Waals surface area contributed by atoms with Gasteiger partial charge in [-0.25, -0.2) is 0 Å². The highest BCUT2D eigenvalue weighted by Gasteiger charge is 2.16. The average molecular weight is 232 g/mol. The van der Waals surface area contributed by atoms with Crippen LogP contribution in [-0.4, -0.2) is 37.6 Å². The molecule has 1 atom stereocenters. The first-order chi connectivity index (χ1) is 8.15. The lowest BCUT2D eigenvalue weighted by Crippen LogP contribution is -2.49. The van der Waals surface area contributed by atoms with Gasteiger partial charge in [-0.1, -0.05) is 23.8 Å². The minimum atomic E-state index is 0.661. The van der Waals surface area contributed by atoms with Gasteiger partial charge in [0.2, 0.25) is 0 Å². The molecular formula is C15H24N2. The third kappa shape index (κ3) is 3.55. The van der Waals surface area contributed by atoms with Crippen molar-refractivity contribution < 1.29 is 0 Å². The molecule has 94 valence electrons. The second-order valence-electron chi connectivity index (χ2n) is 5.38. The smallest absolute Gasteiger partial charge is 0.0198 e. The Morgan fingerprint density at radius 3 is 2.94 bits per heavy atom. The molecule has 1 saturated heterocycles. The number of aryl methyl sites for hydroxylation is 3. The number of likely N-dealkylation sites (N-methyl/N-ethyl adjacent to an activating group) is 1. The second kappa shape index (κ2) is 5.65. The molecule has 0 bridgehead atoms. The summed E-state index contributed by atoms with van der Waals surface area (Å²) in [4.78, 5) is 2.42. The lowest BCUT2D eigenvalue weighted by Gasteiger charge is -2.31. The predicted molar refractivity (Wildman–Crippen MR) is 73.5 cm³/mol. The molecule has 0 spiro atoms. The van der Waals surface area contributed by atoms with E-state index in [0.717, 1.165) is 6.54 Å². The van der Waals surface area contributed by atoms with Gasteiger partial charge in [0.05, 0.1) is 0 Å². The standard InChI is InChI=1S/C15H24N2/c1-12-4-5-13(2)14(10-12)6-7-15-11-17(3)9-8-16-15/h4-5,10,15-16H,6-9,11H2,1-3H3. The molecule has 1 aromatic rings. The molecule has 1 N–H and O–H groups in total. The largest absolute Gasteiger partial charge is 0.311 e. The van der Waals surface area contributed by atoms with Gasteiger partial charge < -0.3 is 10.2 Å². The number of benzene rings is 1. The number of rotatable bonds is 3. The van der Waals surface area contributed by atoms with Crippen LogP contribution in [-0.2, 0) is 6.42 Å². The summed E-state index contributed by atoms with van der Waals surface area (Å²) in [5.74, 6) is 0. The van der Waals surface area contributed by atoms with Crippen LogP contribution in [0.4, 0.5) is 0 Å². The van der Waals surface area contributed by atoms with Crippen molar-refractivity contribution in [2.75, 3.05) is 26.7 Å². The summed E-state index contributed by atoms with van der Waals surface area (Å²) in [6, 6.07) is 7.44. The number of hydrogen-bond acceptors (Lipinski definition) is 2. The molecule has 0 saturated carbocycles. The fraction of sp³-hybridized carbons (Fsp3) is 0.600. The van der Waals surface area contributed by atoms with E-state index in [1.54, 1.807) is 0 Å². The van der Waals surface area contributed by atoms with Crippen molar-refractivity contribution in [2.45, 2.75) is 32.7 Å². The first-order valence-electron chi connectivity index (χ1n) is 6.63. The van der Waals surface area contributed by atoms with E-state index in [1.165, 1.54) is 42.6 Å². The Hall–Kier alpha value is -0.860. The van der Waals surface area contributed by atoms with Gasteiger partial charge in [0.15, 0.2) is 0 Å². The SMILES string of the molecule is Cc1ccc(C)c(CCC2CN(C)CCN2)c1. The van der Waals surface area contributed by atoms with Gasteiger partial charge in [-0.3, -0.25) is 0 Å². The van der Waals surface area contributed by atoms with Gasteiger partial charge in [-0.05, 0) is 44.9 Å². The van der Waals surface area contributed by atoms with Crippen molar-refractivity contribution in [3.63, 3.8) is 0 Å². The topological polar surface area (TPSA) is 15.3 Å². The third-order valence-electron chi connectivity index (χ3n) is 3.73. The summed E-state index contributed by atoms with van der Waals surface area (Å²) in [7, 11) is 2.21. The predicted octanol–water partition coefficient (Wildman–Crippen LogP) is 2.14. The highest BCUT2D eigenvalue weighted by molar-refractivity contribution is 5.30. The van der Waals surface area contributed by atoms with Crippen LogP contribution in [0.25, 0.3) is 0 Å². The first kappa shape index (κ1) is 12.6. The number of piperazine rings is 1. The van der Waals surface area contributed by atoms with Crippen molar-refractivity contribution in [3.8, 4) is 0 Å². The number of hydrogen-bond donors (Lipinski definition) is 1. The molecule has 2 nitrogen and oxygen atoms in total. The van der Waals surface area contributed by atoms with Gasteiger partial charge in [0.1, 0.15) is 0 Å². The van der Waals surface area contributed by atoms with E-state index in [2.05, 4.69) is 49.3 Å². The number of nitrogens with zero attached hydrogens (tertiary/aromatic N) is 1. The molecule has 2 rings (SSSR count). The lowest BCUT2D eigenvalue weighted by molar-refractivity contribution is 0.232. The van der Waals surface area contributed by atoms with E-state index >= 15 is 0 Å². The van der Waals surface area contributed by atoms with Crippen LogP contribution < -0.4 is 5.32 Å². The molecule has 0 amide bonds. The van der Waals surface area contributed by atoms with Crippen LogP contribution in [0.5, 0.6) is 0 Å². The molecule has 1 aliphatic heterocycles. The zero-order valence-electron chi connectivity index (χ0n) is 11.3. The van der Waals surface area contributed by atoms with Crippen molar-refractivity contribution >= 4 is 0 Å². The highest BCUT2D eigenvalue weighted by Crippen LogP contribution is 2.14. The summed E-state index contributed by atoms with van der Waals surface area (Å²) in [5, 5.41) is 3.61. The van der Waals surface area contributed by atoms with E-state index in [4.69, 9.17) is 0 Å². The maximum absolute atomic E-state index is 3.61. The summed E-state index contributed by atoms with van der Waals surface area (Å²) in [5.41, 5.74) is 4.32. The molecule has 1 aliphatic rings. The monoisotopic (exact) mass is 232 g/mol. The van der Waals surface area contributed by atoms with Crippen LogP contribution in [0.2, 0.25) is 0 Å². The normalized spacial score (nSPS) is 21.7. The Labute approximate surface area is 105 Å². The van der Waals surface area contributed by atoms with Crippen molar-refractivity contribution in [1.82, 2.24) is 10.2 Å². The van der Waals surface area contributed by atoms with Crippen molar-refractivity contribution in [3.05, 3.63) is 34.9 Å². The molecule has 0 aromatic heterocycles. The summed E-state index contributed by atoms with van der Waals surface area (Å²) < 4.78 is 0. The quantitative estimate of drug-likeness (QED) is 0.859. The van der Waals surface area contributed by atoms with Crippen LogP contribution in [0, 0.1) is 13.8 Å². The molecule has 1 fully saturated rings. The third-order valence-corrected chi connectivity index (χ3v) is 3.73. The molecule has 0 radical (unpaired) electrons. The average Bonchev–Trinajstić information content (AvgIpc) is 2.30. The summed E-state index contributed by atoms with van der Waals surface area (Å²) in [6.07, 6.45) is 2.44. The van der Waals surface area contributed by atoms with E-state index in [1.807, 2.05) is 0 Å². The van der Waals surface area contributed by atoms with Gasteiger partial charge in [0.25, 0.3) is 0 Å². The minimum Gasteiger partial charge on any atom is -0.311 e. The van der Waals surface area contributed by atoms with Crippen LogP contribution in [0.1, 0.15) is 23.1 Å². The van der Waals surface area contributed by atoms with Gasteiger partial charge in [-0.15, -0.1) is 0 Å². The van der Waals surface area contributed by atoms with Gasteiger partial charge >= 0.3 is 0 Å².